The molecular weight excluding hydrogens is 338 g/mol. The van der Waals surface area contributed by atoms with Gasteiger partial charge in [0.15, 0.2) is 0 Å². The van der Waals surface area contributed by atoms with Crippen molar-refractivity contribution in [1.82, 2.24) is 14.9 Å². The van der Waals surface area contributed by atoms with Crippen molar-refractivity contribution < 1.29 is 14.8 Å². The summed E-state index contributed by atoms with van der Waals surface area (Å²) in [4.78, 5) is 27.1. The van der Waals surface area contributed by atoms with Crippen LogP contribution in [-0.2, 0) is 13.1 Å². The Balaban J connectivity index is 1.63. The summed E-state index contributed by atoms with van der Waals surface area (Å²) < 4.78 is 3.06. The zero-order valence-electron chi connectivity index (χ0n) is 13.6. The van der Waals surface area contributed by atoms with Gasteiger partial charge in [0.25, 0.3) is 11.8 Å². The van der Waals surface area contributed by atoms with Crippen LogP contribution in [0.15, 0.2) is 42.6 Å². The van der Waals surface area contributed by atoms with Gasteiger partial charge in [0.2, 0.25) is 0 Å². The fourth-order valence-electron chi connectivity index (χ4n) is 3.26. The molecule has 0 fully saturated rings. The molecule has 0 bridgehead atoms. The van der Waals surface area contributed by atoms with Crippen molar-refractivity contribution in [1.29, 1.82) is 0 Å². The van der Waals surface area contributed by atoms with Crippen LogP contribution in [0.1, 0.15) is 32.6 Å². The van der Waals surface area contributed by atoms with Crippen molar-refractivity contribution in [3.63, 3.8) is 0 Å². The Bertz CT molecular complexity index is 942. The van der Waals surface area contributed by atoms with E-state index < -0.39 is 5.91 Å². The highest BCUT2D eigenvalue weighted by atomic mass is 32.1. The van der Waals surface area contributed by atoms with Gasteiger partial charge in [-0.3, -0.25) is 14.8 Å². The van der Waals surface area contributed by atoms with Crippen molar-refractivity contribution in [2.24, 2.45) is 0 Å². The summed E-state index contributed by atoms with van der Waals surface area (Å²) in [5.74, 6) is -0.536. The molecule has 1 aliphatic heterocycles. The predicted octanol–water partition coefficient (Wildman–Crippen LogP) is 2.87. The summed E-state index contributed by atoms with van der Waals surface area (Å²) in [5.41, 5.74) is 2.92. The van der Waals surface area contributed by atoms with Crippen LogP contribution in [0, 0.1) is 0 Å². The Morgan fingerprint density at radius 2 is 2.08 bits per heavy atom. The smallest absolute Gasteiger partial charge is 0.276 e. The lowest BCUT2D eigenvalue weighted by atomic mass is 10.1. The van der Waals surface area contributed by atoms with Crippen molar-refractivity contribution >= 4 is 33.2 Å². The van der Waals surface area contributed by atoms with E-state index in [1.165, 1.54) is 11.3 Å². The van der Waals surface area contributed by atoms with E-state index in [0.29, 0.717) is 18.7 Å². The zero-order chi connectivity index (χ0) is 17.6. The Morgan fingerprint density at radius 3 is 2.84 bits per heavy atom. The topological polar surface area (TPSA) is 74.6 Å². The first-order chi connectivity index (χ1) is 12.1. The van der Waals surface area contributed by atoms with E-state index in [-0.39, 0.29) is 11.9 Å². The Morgan fingerprint density at radius 1 is 1.28 bits per heavy atom. The number of rotatable bonds is 2. The maximum absolute atomic E-state index is 13.0. The normalized spacial score (nSPS) is 16.7. The molecule has 0 saturated carbocycles. The summed E-state index contributed by atoms with van der Waals surface area (Å²) in [6, 6.07) is 11.6. The maximum Gasteiger partial charge on any atom is 0.276 e. The van der Waals surface area contributed by atoms with E-state index in [0.717, 1.165) is 20.7 Å². The molecule has 3 aromatic rings. The number of benzene rings is 1. The van der Waals surface area contributed by atoms with Gasteiger partial charge in [-0.2, -0.15) is 0 Å². The van der Waals surface area contributed by atoms with Crippen LogP contribution in [0.4, 0.5) is 0 Å². The molecule has 128 valence electrons. The summed E-state index contributed by atoms with van der Waals surface area (Å²) in [6.45, 7) is 3.05. The lowest BCUT2D eigenvalue weighted by Crippen LogP contribution is -2.44. The average Bonchev–Trinajstić information content (AvgIpc) is 3.23. The van der Waals surface area contributed by atoms with Crippen molar-refractivity contribution in [3.05, 3.63) is 58.7 Å². The molecule has 1 atom stereocenters. The molecule has 0 aliphatic carbocycles. The highest BCUT2D eigenvalue weighted by Crippen LogP contribution is 2.29. The molecule has 1 aliphatic rings. The first kappa shape index (κ1) is 15.9. The number of fused-ring (bicyclic) bond motifs is 2. The van der Waals surface area contributed by atoms with Gasteiger partial charge in [-0.15, -0.1) is 11.3 Å². The molecule has 25 heavy (non-hydrogen) atoms. The fraction of sp³-hybridized carbons (Fsp3) is 0.222. The van der Waals surface area contributed by atoms with Gasteiger partial charge in [-0.05, 0) is 30.5 Å². The molecule has 0 saturated heterocycles. The van der Waals surface area contributed by atoms with Gasteiger partial charge in [0.05, 0.1) is 17.0 Å². The fourth-order valence-corrected chi connectivity index (χ4v) is 4.28. The molecule has 2 amide bonds. The second kappa shape index (κ2) is 6.02. The van der Waals surface area contributed by atoms with Gasteiger partial charge < -0.3 is 9.47 Å². The number of hydrogen-bond acceptors (Lipinski definition) is 4. The maximum atomic E-state index is 13.0. The average molecular weight is 355 g/mol. The minimum atomic E-state index is -0.545. The second-order valence-electron chi connectivity index (χ2n) is 6.24. The van der Waals surface area contributed by atoms with Gasteiger partial charge in [-0.1, -0.05) is 18.2 Å². The van der Waals surface area contributed by atoms with Crippen molar-refractivity contribution in [2.75, 3.05) is 0 Å². The van der Waals surface area contributed by atoms with Crippen LogP contribution in [0.25, 0.3) is 10.1 Å². The van der Waals surface area contributed by atoms with E-state index in [4.69, 9.17) is 5.21 Å². The van der Waals surface area contributed by atoms with Crippen molar-refractivity contribution in [3.8, 4) is 0 Å². The molecule has 1 unspecified atom stereocenters. The summed E-state index contributed by atoms with van der Waals surface area (Å²) in [6.07, 6.45) is 1.71. The number of nitrogens with one attached hydrogen (secondary N) is 1. The molecular formula is C18H17N3O3S. The monoisotopic (exact) mass is 355 g/mol. The highest BCUT2D eigenvalue weighted by molar-refractivity contribution is 7.20. The first-order valence-electron chi connectivity index (χ1n) is 8.00. The minimum Gasteiger partial charge on any atom is -0.347 e. The number of hydroxylamine groups is 1. The minimum absolute atomic E-state index is 0.00862. The largest absolute Gasteiger partial charge is 0.347 e. The van der Waals surface area contributed by atoms with Gasteiger partial charge >= 0.3 is 0 Å². The molecule has 7 heteroatoms. The molecule has 4 rings (SSSR count). The summed E-state index contributed by atoms with van der Waals surface area (Å²) in [5, 5.41) is 9.86. The molecule has 6 nitrogen and oxygen atoms in total. The number of thiophene rings is 1. The number of nitrogens with zero attached hydrogens (tertiary/aromatic N) is 2. The number of hydrogen-bond donors (Lipinski definition) is 2. The SMILES string of the molecule is CC1Cn2cc(C(=O)NO)cc2CN1C(=O)c1cc2ccccc2s1. The zero-order valence-corrected chi connectivity index (χ0v) is 14.4. The Labute approximate surface area is 148 Å². The van der Waals surface area contributed by atoms with E-state index in [9.17, 15) is 9.59 Å². The molecule has 0 spiro atoms. The summed E-state index contributed by atoms with van der Waals surface area (Å²) in [7, 11) is 0. The second-order valence-corrected chi connectivity index (χ2v) is 7.33. The van der Waals surface area contributed by atoms with E-state index in [2.05, 4.69) is 0 Å². The quantitative estimate of drug-likeness (QED) is 0.548. The van der Waals surface area contributed by atoms with E-state index >= 15 is 0 Å². The van der Waals surface area contributed by atoms with Crippen LogP contribution >= 0.6 is 11.3 Å². The number of amides is 2. The highest BCUT2D eigenvalue weighted by Gasteiger charge is 2.29. The Kier molecular flexibility index (Phi) is 3.82. The first-order valence-corrected chi connectivity index (χ1v) is 8.81. The number of aromatic nitrogens is 1. The van der Waals surface area contributed by atoms with E-state index in [1.807, 2.05) is 46.7 Å². The standard InChI is InChI=1S/C18H17N3O3S/c1-11-8-20-9-13(17(22)19-24)6-14(20)10-21(11)18(23)16-7-12-4-2-3-5-15(12)25-16/h2-7,9,11,24H,8,10H2,1H3,(H,19,22). The molecule has 0 radical (unpaired) electrons. The van der Waals surface area contributed by atoms with Crippen LogP contribution in [0.5, 0.6) is 0 Å². The Hall–Kier alpha value is -2.64. The van der Waals surface area contributed by atoms with Gasteiger partial charge in [0, 0.05) is 29.2 Å². The van der Waals surface area contributed by atoms with Gasteiger partial charge in [0.1, 0.15) is 0 Å². The van der Waals surface area contributed by atoms with Crippen LogP contribution in [-0.4, -0.2) is 32.5 Å². The van der Waals surface area contributed by atoms with E-state index in [1.54, 1.807) is 17.7 Å². The number of carbonyl (C=O) groups is 2. The molecule has 2 aromatic heterocycles. The predicted molar refractivity (Wildman–Crippen MR) is 94.8 cm³/mol. The van der Waals surface area contributed by atoms with Crippen molar-refractivity contribution in [2.45, 2.75) is 26.1 Å². The summed E-state index contributed by atoms with van der Waals surface area (Å²) >= 11 is 1.50. The third-order valence-electron chi connectivity index (χ3n) is 4.57. The van der Waals surface area contributed by atoms with Crippen LogP contribution in [0.2, 0.25) is 0 Å². The third kappa shape index (κ3) is 2.71. The number of carbonyl (C=O) groups excluding carboxylic acids is 2. The van der Waals surface area contributed by atoms with Crippen LogP contribution in [0.3, 0.4) is 0 Å². The van der Waals surface area contributed by atoms with Gasteiger partial charge in [-0.25, -0.2) is 5.48 Å². The molecule has 2 N–H and O–H groups in total. The van der Waals surface area contributed by atoms with Crippen LogP contribution < -0.4 is 5.48 Å². The molecule has 1 aromatic carbocycles. The lowest BCUT2D eigenvalue weighted by molar-refractivity contribution is 0.0620. The lowest BCUT2D eigenvalue weighted by Gasteiger charge is -2.34. The third-order valence-corrected chi connectivity index (χ3v) is 5.68. The molecule has 3 heterocycles.